The van der Waals surface area contributed by atoms with Crippen LogP contribution in [0.5, 0.6) is 0 Å². The van der Waals surface area contributed by atoms with Crippen molar-refractivity contribution in [1.29, 1.82) is 0 Å². The Morgan fingerprint density at radius 3 is 2.88 bits per heavy atom. The molecule has 0 unspecified atom stereocenters. The number of hydrogen-bond acceptors (Lipinski definition) is 3. The summed E-state index contributed by atoms with van der Waals surface area (Å²) in [6, 6.07) is 3.50. The maximum Gasteiger partial charge on any atom is 0.250 e. The summed E-state index contributed by atoms with van der Waals surface area (Å²) in [6.45, 7) is 3.85. The molecule has 0 aromatic carbocycles. The summed E-state index contributed by atoms with van der Waals surface area (Å²) in [6.07, 6.45) is 7.45. The Morgan fingerprint density at radius 1 is 1.35 bits per heavy atom. The minimum absolute atomic E-state index is 0.0831. The first-order chi connectivity index (χ1) is 8.27. The molecular formula is C13H22N2OS. The molecule has 0 saturated carbocycles. The van der Waals surface area contributed by atoms with E-state index in [0.717, 1.165) is 25.2 Å². The number of pyridine rings is 1. The second-order valence-electron chi connectivity index (χ2n) is 4.08. The highest BCUT2D eigenvalue weighted by Crippen LogP contribution is 2.05. The lowest BCUT2D eigenvalue weighted by atomic mass is 10.3. The number of rotatable bonds is 8. The Morgan fingerprint density at radius 2 is 2.18 bits per heavy atom. The van der Waals surface area contributed by atoms with Crippen LogP contribution in [-0.4, -0.2) is 23.1 Å². The predicted molar refractivity (Wildman–Crippen MR) is 77.1 cm³/mol. The molecule has 0 saturated heterocycles. The quantitative estimate of drug-likeness (QED) is 0.724. The lowest BCUT2D eigenvalue weighted by molar-refractivity contribution is 0.654. The van der Waals surface area contributed by atoms with Gasteiger partial charge in [0.1, 0.15) is 0 Å². The number of anilines is 1. The minimum Gasteiger partial charge on any atom is -0.384 e. The molecule has 96 valence electrons. The van der Waals surface area contributed by atoms with E-state index in [9.17, 15) is 4.79 Å². The third kappa shape index (κ3) is 5.31. The fourth-order valence-electron chi connectivity index (χ4n) is 1.66. The molecule has 4 heteroatoms. The monoisotopic (exact) mass is 254 g/mol. The lowest BCUT2D eigenvalue weighted by Gasteiger charge is -2.09. The fraction of sp³-hybridized carbons (Fsp3) is 0.615. The lowest BCUT2D eigenvalue weighted by Crippen LogP contribution is -2.19. The van der Waals surface area contributed by atoms with Crippen LogP contribution in [0.15, 0.2) is 23.1 Å². The maximum absolute atomic E-state index is 11.5. The molecule has 0 aliphatic rings. The molecule has 0 spiro atoms. The molecule has 17 heavy (non-hydrogen) atoms. The first kappa shape index (κ1) is 14.2. The van der Waals surface area contributed by atoms with Gasteiger partial charge in [0.15, 0.2) is 0 Å². The summed E-state index contributed by atoms with van der Waals surface area (Å²) in [5.41, 5.74) is 1.13. The van der Waals surface area contributed by atoms with Gasteiger partial charge < -0.3 is 9.88 Å². The first-order valence-corrected chi connectivity index (χ1v) is 7.60. The maximum atomic E-state index is 11.5. The molecule has 1 rings (SSSR count). The third-order valence-electron chi connectivity index (χ3n) is 2.55. The normalized spacial score (nSPS) is 10.5. The van der Waals surface area contributed by atoms with E-state index in [2.05, 4.69) is 18.5 Å². The largest absolute Gasteiger partial charge is 0.384 e. The van der Waals surface area contributed by atoms with Gasteiger partial charge in [-0.15, -0.1) is 0 Å². The van der Waals surface area contributed by atoms with Crippen molar-refractivity contribution in [3.63, 3.8) is 0 Å². The van der Waals surface area contributed by atoms with Crippen molar-refractivity contribution in [1.82, 2.24) is 4.57 Å². The summed E-state index contributed by atoms with van der Waals surface area (Å²) in [4.78, 5) is 11.5. The SMILES string of the molecule is CCCn1cc(NCCCCSC)ccc1=O. The van der Waals surface area contributed by atoms with Gasteiger partial charge in [0, 0.05) is 25.4 Å². The van der Waals surface area contributed by atoms with Crippen LogP contribution < -0.4 is 10.9 Å². The van der Waals surface area contributed by atoms with Gasteiger partial charge in [-0.25, -0.2) is 0 Å². The highest BCUT2D eigenvalue weighted by Gasteiger charge is 1.97. The van der Waals surface area contributed by atoms with E-state index >= 15 is 0 Å². The molecule has 0 radical (unpaired) electrons. The second-order valence-corrected chi connectivity index (χ2v) is 5.06. The van der Waals surface area contributed by atoms with Crippen molar-refractivity contribution in [2.24, 2.45) is 0 Å². The minimum atomic E-state index is 0.0831. The summed E-state index contributed by atoms with van der Waals surface area (Å²) < 4.78 is 1.77. The molecule has 1 aromatic rings. The van der Waals surface area contributed by atoms with Crippen LogP contribution in [-0.2, 0) is 6.54 Å². The molecular weight excluding hydrogens is 232 g/mol. The molecule has 3 nitrogen and oxygen atoms in total. The number of thioether (sulfide) groups is 1. The number of aryl methyl sites for hydroxylation is 1. The molecule has 0 aliphatic carbocycles. The van der Waals surface area contributed by atoms with E-state index in [1.807, 2.05) is 24.0 Å². The van der Waals surface area contributed by atoms with Gasteiger partial charge in [-0.3, -0.25) is 4.79 Å². The van der Waals surface area contributed by atoms with Gasteiger partial charge in [-0.1, -0.05) is 6.92 Å². The predicted octanol–water partition coefficient (Wildman–Crippen LogP) is 2.81. The number of hydrogen-bond donors (Lipinski definition) is 1. The second kappa shape index (κ2) is 8.23. The average Bonchev–Trinajstić information content (AvgIpc) is 2.33. The first-order valence-electron chi connectivity index (χ1n) is 6.21. The van der Waals surface area contributed by atoms with E-state index < -0.39 is 0 Å². The van der Waals surface area contributed by atoms with Crippen LogP contribution in [0.25, 0.3) is 0 Å². The zero-order valence-electron chi connectivity index (χ0n) is 10.7. The summed E-state index contributed by atoms with van der Waals surface area (Å²) >= 11 is 1.89. The molecule has 0 amide bonds. The number of nitrogens with one attached hydrogen (secondary N) is 1. The van der Waals surface area contributed by atoms with Crippen LogP contribution >= 0.6 is 11.8 Å². The van der Waals surface area contributed by atoms with Crippen molar-refractivity contribution < 1.29 is 0 Å². The van der Waals surface area contributed by atoms with Crippen LogP contribution in [0, 0.1) is 0 Å². The Hall–Kier alpha value is -0.900. The molecule has 1 aromatic heterocycles. The number of aromatic nitrogens is 1. The van der Waals surface area contributed by atoms with Crippen molar-refractivity contribution in [3.05, 3.63) is 28.7 Å². The Labute approximate surface area is 108 Å². The highest BCUT2D eigenvalue weighted by atomic mass is 32.2. The number of unbranched alkanes of at least 4 members (excludes halogenated alkanes) is 1. The van der Waals surface area contributed by atoms with Crippen molar-refractivity contribution >= 4 is 17.4 Å². The summed E-state index contributed by atoms with van der Waals surface area (Å²) in [5.74, 6) is 1.22. The molecule has 0 bridgehead atoms. The summed E-state index contributed by atoms with van der Waals surface area (Å²) in [5, 5.41) is 3.36. The van der Waals surface area contributed by atoms with Gasteiger partial charge >= 0.3 is 0 Å². The van der Waals surface area contributed by atoms with E-state index in [4.69, 9.17) is 0 Å². The van der Waals surface area contributed by atoms with Gasteiger partial charge in [0.25, 0.3) is 5.56 Å². The van der Waals surface area contributed by atoms with Crippen molar-refractivity contribution in [2.45, 2.75) is 32.7 Å². The molecule has 0 aliphatic heterocycles. The topological polar surface area (TPSA) is 34.0 Å². The molecule has 1 N–H and O–H groups in total. The van der Waals surface area contributed by atoms with E-state index in [1.165, 1.54) is 18.6 Å². The molecule has 0 fully saturated rings. The Kier molecular flexibility index (Phi) is 6.86. The molecule has 0 atom stereocenters. The van der Waals surface area contributed by atoms with E-state index in [0.29, 0.717) is 0 Å². The molecule has 1 heterocycles. The Balaban J connectivity index is 2.43. The van der Waals surface area contributed by atoms with Gasteiger partial charge in [0.05, 0.1) is 5.69 Å². The zero-order chi connectivity index (χ0) is 12.5. The van der Waals surface area contributed by atoms with Gasteiger partial charge in [-0.2, -0.15) is 11.8 Å². The van der Waals surface area contributed by atoms with Gasteiger partial charge in [-0.05, 0) is 37.3 Å². The van der Waals surface area contributed by atoms with E-state index in [1.54, 1.807) is 10.6 Å². The van der Waals surface area contributed by atoms with Crippen LogP contribution in [0.1, 0.15) is 26.2 Å². The van der Waals surface area contributed by atoms with Crippen LogP contribution in [0.4, 0.5) is 5.69 Å². The fourth-order valence-corrected chi connectivity index (χ4v) is 2.15. The standard InChI is InChI=1S/C13H22N2OS/c1-3-9-15-11-12(6-7-13(15)16)14-8-4-5-10-17-2/h6-7,11,14H,3-5,8-10H2,1-2H3. The van der Waals surface area contributed by atoms with E-state index in [-0.39, 0.29) is 5.56 Å². The van der Waals surface area contributed by atoms with Crippen LogP contribution in [0.3, 0.4) is 0 Å². The summed E-state index contributed by atoms with van der Waals surface area (Å²) in [7, 11) is 0. The van der Waals surface area contributed by atoms with Crippen LogP contribution in [0.2, 0.25) is 0 Å². The Bertz CT molecular complexity index is 376. The number of nitrogens with zero attached hydrogens (tertiary/aromatic N) is 1. The highest BCUT2D eigenvalue weighted by molar-refractivity contribution is 7.98. The van der Waals surface area contributed by atoms with Gasteiger partial charge in [0.2, 0.25) is 0 Å². The average molecular weight is 254 g/mol. The third-order valence-corrected chi connectivity index (χ3v) is 3.25. The zero-order valence-corrected chi connectivity index (χ0v) is 11.6. The smallest absolute Gasteiger partial charge is 0.250 e. The van der Waals surface area contributed by atoms with Crippen molar-refractivity contribution in [2.75, 3.05) is 23.9 Å². The van der Waals surface area contributed by atoms with Crippen molar-refractivity contribution in [3.8, 4) is 0 Å².